The van der Waals surface area contributed by atoms with Crippen LogP contribution in [0.15, 0.2) is 39.7 Å². The van der Waals surface area contributed by atoms with Crippen molar-refractivity contribution in [2.45, 2.75) is 52.6 Å². The first kappa shape index (κ1) is 28.2. The molecular formula is C22H31F3IN3O3. The molecule has 2 rings (SSSR count). The van der Waals surface area contributed by atoms with Gasteiger partial charge in [0, 0.05) is 12.1 Å². The van der Waals surface area contributed by atoms with Gasteiger partial charge in [0.1, 0.15) is 23.7 Å². The Balaban J connectivity index is 0.00000512. The lowest BCUT2D eigenvalue weighted by Crippen LogP contribution is -2.44. The summed E-state index contributed by atoms with van der Waals surface area (Å²) in [5.74, 6) is 1.91. The fourth-order valence-corrected chi connectivity index (χ4v) is 3.13. The number of alkyl halides is 3. The fourth-order valence-electron chi connectivity index (χ4n) is 3.13. The standard InChI is InChI=1S/C22H30F3N3O3.HI/c1-5-26-20(28-13-21(4,29)19-9-15(2)31-16(19)3)27-11-17-7-6-8-18(10-17)12-30-14-22(23,24)25;/h6-10,29H,5,11-14H2,1-4H3,(H2,26,27,28);1H. The lowest BCUT2D eigenvalue weighted by Gasteiger charge is -2.24. The molecule has 0 radical (unpaired) electrons. The van der Waals surface area contributed by atoms with Crippen molar-refractivity contribution in [3.8, 4) is 0 Å². The van der Waals surface area contributed by atoms with E-state index in [4.69, 9.17) is 9.15 Å². The van der Waals surface area contributed by atoms with E-state index >= 15 is 0 Å². The minimum Gasteiger partial charge on any atom is -0.466 e. The second-order valence-corrected chi connectivity index (χ2v) is 7.58. The molecule has 0 aliphatic carbocycles. The third kappa shape index (κ3) is 9.37. The molecule has 0 saturated carbocycles. The van der Waals surface area contributed by atoms with Gasteiger partial charge in [-0.15, -0.1) is 24.0 Å². The molecule has 0 fully saturated rings. The molecule has 0 amide bonds. The summed E-state index contributed by atoms with van der Waals surface area (Å²) in [6, 6.07) is 8.88. The van der Waals surface area contributed by atoms with E-state index in [9.17, 15) is 18.3 Å². The molecule has 180 valence electrons. The molecule has 1 unspecified atom stereocenters. The molecule has 0 aliphatic heterocycles. The van der Waals surface area contributed by atoms with Crippen LogP contribution in [0.4, 0.5) is 13.2 Å². The van der Waals surface area contributed by atoms with Crippen molar-refractivity contribution < 1.29 is 27.4 Å². The molecule has 1 aromatic carbocycles. The van der Waals surface area contributed by atoms with E-state index in [1.54, 1.807) is 25.1 Å². The first-order valence-electron chi connectivity index (χ1n) is 10.0. The van der Waals surface area contributed by atoms with Crippen molar-refractivity contribution in [2.75, 3.05) is 19.7 Å². The second kappa shape index (κ2) is 12.4. The van der Waals surface area contributed by atoms with Gasteiger partial charge in [-0.3, -0.25) is 0 Å². The van der Waals surface area contributed by atoms with Gasteiger partial charge in [-0.25, -0.2) is 4.99 Å². The highest BCUT2D eigenvalue weighted by Gasteiger charge is 2.28. The van der Waals surface area contributed by atoms with Crippen LogP contribution in [0.25, 0.3) is 0 Å². The first-order valence-corrected chi connectivity index (χ1v) is 10.0. The number of guanidine groups is 1. The van der Waals surface area contributed by atoms with Crippen LogP contribution >= 0.6 is 24.0 Å². The molecule has 1 atom stereocenters. The van der Waals surface area contributed by atoms with E-state index in [0.717, 1.165) is 11.3 Å². The third-order valence-corrected chi connectivity index (χ3v) is 4.51. The van der Waals surface area contributed by atoms with Gasteiger partial charge >= 0.3 is 6.18 Å². The summed E-state index contributed by atoms with van der Waals surface area (Å²) < 4.78 is 46.9. The summed E-state index contributed by atoms with van der Waals surface area (Å²) in [6.45, 7) is 7.01. The predicted molar refractivity (Wildman–Crippen MR) is 128 cm³/mol. The van der Waals surface area contributed by atoms with E-state index in [1.165, 1.54) is 0 Å². The maximum atomic E-state index is 12.2. The second-order valence-electron chi connectivity index (χ2n) is 7.58. The van der Waals surface area contributed by atoms with Crippen LogP contribution in [-0.4, -0.2) is 36.9 Å². The van der Waals surface area contributed by atoms with Crippen molar-refractivity contribution in [1.82, 2.24) is 10.6 Å². The number of nitrogens with one attached hydrogen (secondary N) is 2. The summed E-state index contributed by atoms with van der Waals surface area (Å²) in [4.78, 5) is 4.51. The summed E-state index contributed by atoms with van der Waals surface area (Å²) in [5.41, 5.74) is 1.02. The molecule has 10 heteroatoms. The summed E-state index contributed by atoms with van der Waals surface area (Å²) in [7, 11) is 0. The van der Waals surface area contributed by atoms with Gasteiger partial charge in [0.05, 0.1) is 19.7 Å². The van der Waals surface area contributed by atoms with E-state index in [2.05, 4.69) is 15.6 Å². The van der Waals surface area contributed by atoms with Crippen molar-refractivity contribution in [3.63, 3.8) is 0 Å². The molecule has 0 saturated heterocycles. The topological polar surface area (TPSA) is 79.0 Å². The van der Waals surface area contributed by atoms with Crippen molar-refractivity contribution in [1.29, 1.82) is 0 Å². The van der Waals surface area contributed by atoms with Crippen LogP contribution in [0, 0.1) is 13.8 Å². The highest BCUT2D eigenvalue weighted by molar-refractivity contribution is 14.0. The maximum Gasteiger partial charge on any atom is 0.411 e. The molecule has 1 aromatic heterocycles. The Labute approximate surface area is 203 Å². The molecule has 6 nitrogen and oxygen atoms in total. The van der Waals surface area contributed by atoms with Crippen LogP contribution in [0.1, 0.15) is 42.1 Å². The van der Waals surface area contributed by atoms with Crippen LogP contribution in [-0.2, 0) is 23.5 Å². The molecular weight excluding hydrogens is 538 g/mol. The minimum atomic E-state index is -4.34. The quantitative estimate of drug-likeness (QED) is 0.235. The zero-order chi connectivity index (χ0) is 23.1. The fraction of sp³-hybridized carbons (Fsp3) is 0.500. The van der Waals surface area contributed by atoms with Crippen LogP contribution in [0.2, 0.25) is 0 Å². The van der Waals surface area contributed by atoms with Crippen molar-refractivity contribution in [3.05, 3.63) is 58.5 Å². The highest BCUT2D eigenvalue weighted by atomic mass is 127. The number of nitrogens with zero attached hydrogens (tertiary/aromatic N) is 1. The number of hydrogen-bond donors (Lipinski definition) is 3. The van der Waals surface area contributed by atoms with Crippen LogP contribution in [0.5, 0.6) is 0 Å². The molecule has 32 heavy (non-hydrogen) atoms. The van der Waals surface area contributed by atoms with Crippen molar-refractivity contribution in [2.24, 2.45) is 4.99 Å². The first-order chi connectivity index (χ1) is 14.5. The maximum absolute atomic E-state index is 12.2. The number of aliphatic hydroxyl groups is 1. The zero-order valence-electron chi connectivity index (χ0n) is 18.7. The van der Waals surface area contributed by atoms with Gasteiger partial charge < -0.3 is 24.9 Å². The Bertz CT molecular complexity index is 883. The third-order valence-electron chi connectivity index (χ3n) is 4.51. The number of aryl methyl sites for hydroxylation is 2. The number of rotatable bonds is 9. The van der Waals surface area contributed by atoms with E-state index in [0.29, 0.717) is 35.9 Å². The van der Waals surface area contributed by atoms with Gasteiger partial charge in [0.2, 0.25) is 0 Å². The van der Waals surface area contributed by atoms with Gasteiger partial charge in [0.15, 0.2) is 5.96 Å². The number of ether oxygens (including phenoxy) is 1. The number of benzene rings is 1. The number of hydrogen-bond acceptors (Lipinski definition) is 4. The van der Waals surface area contributed by atoms with Crippen LogP contribution < -0.4 is 10.6 Å². The molecule has 0 bridgehead atoms. The largest absolute Gasteiger partial charge is 0.466 e. The van der Waals surface area contributed by atoms with Gasteiger partial charge in [-0.1, -0.05) is 24.3 Å². The Morgan fingerprint density at radius 2 is 1.84 bits per heavy atom. The van der Waals surface area contributed by atoms with E-state index in [1.807, 2.05) is 32.9 Å². The van der Waals surface area contributed by atoms with Crippen LogP contribution in [0.3, 0.4) is 0 Å². The summed E-state index contributed by atoms with van der Waals surface area (Å²) in [6.07, 6.45) is -4.34. The smallest absolute Gasteiger partial charge is 0.411 e. The van der Waals surface area contributed by atoms with Gasteiger partial charge in [-0.05, 0) is 44.9 Å². The minimum absolute atomic E-state index is 0. The Morgan fingerprint density at radius 3 is 2.44 bits per heavy atom. The SMILES string of the molecule is CCNC(=NCc1cccc(COCC(F)(F)F)c1)NCC(C)(O)c1cc(C)oc1C.I. The Kier molecular flexibility index (Phi) is 11.0. The number of halogens is 4. The lowest BCUT2D eigenvalue weighted by atomic mass is 9.96. The van der Waals surface area contributed by atoms with Gasteiger partial charge in [0.25, 0.3) is 0 Å². The molecule has 2 aromatic rings. The summed E-state index contributed by atoms with van der Waals surface area (Å²) in [5, 5.41) is 17.1. The number of aliphatic imine (C=N–C) groups is 1. The normalized spacial score (nSPS) is 13.9. The summed E-state index contributed by atoms with van der Waals surface area (Å²) >= 11 is 0. The molecule has 1 heterocycles. The van der Waals surface area contributed by atoms with E-state index < -0.39 is 18.4 Å². The average Bonchev–Trinajstić information content (AvgIpc) is 3.02. The lowest BCUT2D eigenvalue weighted by molar-refractivity contribution is -0.176. The monoisotopic (exact) mass is 569 g/mol. The average molecular weight is 569 g/mol. The Morgan fingerprint density at radius 1 is 1.16 bits per heavy atom. The molecule has 0 aliphatic rings. The van der Waals surface area contributed by atoms with Crippen molar-refractivity contribution >= 4 is 29.9 Å². The zero-order valence-corrected chi connectivity index (χ0v) is 21.0. The molecule has 3 N–H and O–H groups in total. The van der Waals surface area contributed by atoms with Gasteiger partial charge in [-0.2, -0.15) is 13.2 Å². The highest BCUT2D eigenvalue weighted by Crippen LogP contribution is 2.26. The Hall–Kier alpha value is -1.79. The van der Waals surface area contributed by atoms with E-state index in [-0.39, 0.29) is 37.1 Å². The number of furan rings is 1. The molecule has 0 spiro atoms. The predicted octanol–water partition coefficient (Wildman–Crippen LogP) is 4.56.